The van der Waals surface area contributed by atoms with E-state index < -0.39 is 34.7 Å². The van der Waals surface area contributed by atoms with E-state index in [9.17, 15) is 19.5 Å². The number of nitrogens with zero attached hydrogens (tertiary/aromatic N) is 2. The number of carbonyl (C=O) groups excluding carboxylic acids is 3. The van der Waals surface area contributed by atoms with E-state index >= 15 is 0 Å². The van der Waals surface area contributed by atoms with Crippen LogP contribution in [0.25, 0.3) is 0 Å². The lowest BCUT2D eigenvalue weighted by molar-refractivity contribution is -0.147. The molecule has 3 amide bonds. The van der Waals surface area contributed by atoms with E-state index in [4.69, 9.17) is 0 Å². The lowest BCUT2D eigenvalue weighted by Gasteiger charge is -2.33. The number of aliphatic hydroxyl groups excluding tert-OH is 1. The minimum atomic E-state index is -1.56. The summed E-state index contributed by atoms with van der Waals surface area (Å²) in [6, 6.07) is 15.4. The molecule has 0 radical (unpaired) electrons. The summed E-state index contributed by atoms with van der Waals surface area (Å²) in [6.07, 6.45) is -1.33. The van der Waals surface area contributed by atoms with Crippen molar-refractivity contribution in [1.29, 1.82) is 0 Å². The van der Waals surface area contributed by atoms with Crippen LogP contribution < -0.4 is 10.6 Å². The van der Waals surface area contributed by atoms with Gasteiger partial charge in [-0.05, 0) is 50.8 Å². The largest absolute Gasteiger partial charge is 0.381 e. The van der Waals surface area contributed by atoms with E-state index in [-0.39, 0.29) is 23.9 Å². The normalized spacial score (nSPS) is 17.9. The van der Waals surface area contributed by atoms with Crippen molar-refractivity contribution in [3.05, 3.63) is 87.4 Å². The van der Waals surface area contributed by atoms with Crippen LogP contribution in [0.4, 0.5) is 0 Å². The van der Waals surface area contributed by atoms with Gasteiger partial charge in [-0.15, -0.1) is 23.1 Å². The molecule has 3 aromatic rings. The monoisotopic (exact) mass is 566 g/mol. The molecule has 0 saturated carbocycles. The van der Waals surface area contributed by atoms with Crippen LogP contribution in [0, 0.1) is 13.8 Å². The third-order valence-electron chi connectivity index (χ3n) is 6.89. The van der Waals surface area contributed by atoms with E-state index in [1.165, 1.54) is 28.0 Å². The summed E-state index contributed by atoms with van der Waals surface area (Å²) in [7, 11) is 0. The standard InChI is InChI=1S/C29H34N4O4S2/c1-18-10-8-9-13-21(18)15-30-27(36)25-29(3,4)39-17-33(25)28(37)24(34)22(14-20-11-6-5-7-12-20)32-26(35)23-16-38-19(2)31-23/h5-13,16,22,24-25,34H,14-15,17H2,1-4H3,(H,30,36)(H,32,35)/t22-,24-,25+/m0/s1. The van der Waals surface area contributed by atoms with Crippen molar-refractivity contribution < 1.29 is 19.5 Å². The zero-order valence-electron chi connectivity index (χ0n) is 22.5. The molecule has 1 aliphatic rings. The number of hydrogen-bond donors (Lipinski definition) is 3. The highest BCUT2D eigenvalue weighted by Crippen LogP contribution is 2.40. The Morgan fingerprint density at radius 1 is 1.10 bits per heavy atom. The van der Waals surface area contributed by atoms with Gasteiger partial charge in [0.25, 0.3) is 11.8 Å². The first-order valence-corrected chi connectivity index (χ1v) is 14.6. The second-order valence-electron chi connectivity index (χ2n) is 10.2. The zero-order chi connectivity index (χ0) is 28.2. The molecule has 0 bridgehead atoms. The fourth-order valence-electron chi connectivity index (χ4n) is 4.66. The van der Waals surface area contributed by atoms with E-state index in [1.807, 2.05) is 75.4 Å². The van der Waals surface area contributed by atoms with Crippen LogP contribution in [0.1, 0.15) is 46.0 Å². The molecule has 0 spiro atoms. The first kappa shape index (κ1) is 28.8. The van der Waals surface area contributed by atoms with Gasteiger partial charge < -0.3 is 20.6 Å². The Balaban J connectivity index is 1.53. The summed E-state index contributed by atoms with van der Waals surface area (Å²) in [6.45, 7) is 7.97. The highest BCUT2D eigenvalue weighted by molar-refractivity contribution is 8.00. The minimum absolute atomic E-state index is 0.233. The highest BCUT2D eigenvalue weighted by Gasteiger charge is 2.49. The van der Waals surface area contributed by atoms with Gasteiger partial charge >= 0.3 is 0 Å². The smallest absolute Gasteiger partial charge is 0.271 e. The SMILES string of the molecule is Cc1nc(C(=O)N[C@@H](Cc2ccccc2)[C@H](O)C(=O)N2CSC(C)(C)[C@H]2C(=O)NCc2ccccc2C)cs1. The Bertz CT molecular complexity index is 1330. The van der Waals surface area contributed by atoms with Crippen LogP contribution in [-0.4, -0.2) is 61.5 Å². The van der Waals surface area contributed by atoms with Gasteiger partial charge in [-0.2, -0.15) is 0 Å². The summed E-state index contributed by atoms with van der Waals surface area (Å²) in [5, 5.41) is 19.5. The maximum Gasteiger partial charge on any atom is 0.271 e. The van der Waals surface area contributed by atoms with Crippen LogP contribution in [-0.2, 0) is 22.6 Å². The highest BCUT2D eigenvalue weighted by atomic mass is 32.2. The van der Waals surface area contributed by atoms with Crippen LogP contribution >= 0.6 is 23.1 Å². The van der Waals surface area contributed by atoms with Crippen LogP contribution in [0.3, 0.4) is 0 Å². The van der Waals surface area contributed by atoms with Crippen molar-refractivity contribution >= 4 is 40.8 Å². The Morgan fingerprint density at radius 2 is 1.79 bits per heavy atom. The molecular weight excluding hydrogens is 532 g/mol. The van der Waals surface area contributed by atoms with Gasteiger partial charge in [0, 0.05) is 16.7 Å². The van der Waals surface area contributed by atoms with Crippen molar-refractivity contribution in [3.8, 4) is 0 Å². The van der Waals surface area contributed by atoms with Gasteiger partial charge in [0.15, 0.2) is 6.10 Å². The Kier molecular flexibility index (Phi) is 9.09. The average Bonchev–Trinajstić information content (AvgIpc) is 3.49. The number of thioether (sulfide) groups is 1. The second kappa shape index (κ2) is 12.3. The van der Waals surface area contributed by atoms with Crippen LogP contribution in [0.2, 0.25) is 0 Å². The van der Waals surface area contributed by atoms with Gasteiger partial charge in [-0.1, -0.05) is 54.6 Å². The molecule has 1 aromatic heterocycles. The van der Waals surface area contributed by atoms with Crippen molar-refractivity contribution in [2.45, 2.75) is 63.6 Å². The minimum Gasteiger partial charge on any atom is -0.381 e. The van der Waals surface area contributed by atoms with Gasteiger partial charge in [-0.25, -0.2) is 4.98 Å². The molecule has 206 valence electrons. The molecule has 0 unspecified atom stereocenters. The van der Waals surface area contributed by atoms with Gasteiger partial charge in [0.2, 0.25) is 5.91 Å². The Labute approximate surface area is 237 Å². The number of amides is 3. The topological polar surface area (TPSA) is 112 Å². The Hall–Kier alpha value is -3.21. The maximum atomic E-state index is 13.7. The number of aromatic nitrogens is 1. The number of aliphatic hydroxyl groups is 1. The van der Waals surface area contributed by atoms with Crippen molar-refractivity contribution in [3.63, 3.8) is 0 Å². The van der Waals surface area contributed by atoms with E-state index in [0.29, 0.717) is 6.54 Å². The van der Waals surface area contributed by atoms with Crippen molar-refractivity contribution in [2.75, 3.05) is 5.88 Å². The summed E-state index contributed by atoms with van der Waals surface area (Å²) in [4.78, 5) is 45.8. The maximum absolute atomic E-state index is 13.7. The number of carbonyl (C=O) groups is 3. The molecule has 0 aliphatic carbocycles. The average molecular weight is 567 g/mol. The molecule has 10 heteroatoms. The van der Waals surface area contributed by atoms with Gasteiger partial charge in [0.1, 0.15) is 11.7 Å². The van der Waals surface area contributed by atoms with Crippen molar-refractivity contribution in [1.82, 2.24) is 20.5 Å². The summed E-state index contributed by atoms with van der Waals surface area (Å²) in [5.41, 5.74) is 3.15. The van der Waals surface area contributed by atoms with Gasteiger partial charge in [-0.3, -0.25) is 14.4 Å². The summed E-state index contributed by atoms with van der Waals surface area (Å²) < 4.78 is -0.568. The quantitative estimate of drug-likeness (QED) is 0.366. The molecule has 39 heavy (non-hydrogen) atoms. The first-order chi connectivity index (χ1) is 18.6. The number of nitrogens with one attached hydrogen (secondary N) is 2. The number of thiazole rings is 1. The Morgan fingerprint density at radius 3 is 2.46 bits per heavy atom. The predicted molar refractivity (Wildman–Crippen MR) is 154 cm³/mol. The van der Waals surface area contributed by atoms with Crippen LogP contribution in [0.5, 0.6) is 0 Å². The molecule has 1 fully saturated rings. The molecule has 1 saturated heterocycles. The second-order valence-corrected chi connectivity index (χ2v) is 12.9. The van der Waals surface area contributed by atoms with Crippen molar-refractivity contribution in [2.24, 2.45) is 0 Å². The molecular formula is C29H34N4O4S2. The summed E-state index contributed by atoms with van der Waals surface area (Å²) >= 11 is 2.83. The molecule has 1 aliphatic heterocycles. The lowest BCUT2D eigenvalue weighted by atomic mass is 9.97. The van der Waals surface area contributed by atoms with Crippen LogP contribution in [0.15, 0.2) is 60.0 Å². The molecule has 4 rings (SSSR count). The predicted octanol–water partition coefficient (Wildman–Crippen LogP) is 3.46. The third kappa shape index (κ3) is 6.87. The number of rotatable bonds is 9. The fraction of sp³-hybridized carbons (Fsp3) is 0.379. The molecule has 3 atom stereocenters. The molecule has 2 aromatic carbocycles. The first-order valence-electron chi connectivity index (χ1n) is 12.8. The zero-order valence-corrected chi connectivity index (χ0v) is 24.1. The lowest BCUT2D eigenvalue weighted by Crippen LogP contribution is -2.58. The number of benzene rings is 2. The van der Waals surface area contributed by atoms with E-state index in [0.717, 1.165) is 21.7 Å². The molecule has 8 nitrogen and oxygen atoms in total. The van der Waals surface area contributed by atoms with E-state index in [2.05, 4.69) is 15.6 Å². The molecule has 3 N–H and O–H groups in total. The third-order valence-corrected chi connectivity index (χ3v) is 9.04. The van der Waals surface area contributed by atoms with E-state index in [1.54, 1.807) is 12.3 Å². The number of aryl methyl sites for hydroxylation is 2. The summed E-state index contributed by atoms with van der Waals surface area (Å²) in [5.74, 6) is -1.09. The number of hydrogen-bond acceptors (Lipinski definition) is 7. The molecule has 2 heterocycles. The fourth-order valence-corrected chi connectivity index (χ4v) is 6.40. The van der Waals surface area contributed by atoms with Gasteiger partial charge in [0.05, 0.1) is 16.9 Å².